The van der Waals surface area contributed by atoms with Crippen LogP contribution in [0.2, 0.25) is 0 Å². The Morgan fingerprint density at radius 1 is 1.00 bits per heavy atom. The Hall–Kier alpha value is -1.48. The molecule has 0 bridgehead atoms. The fraction of sp³-hybridized carbons (Fsp3) is 0.267. The zero-order chi connectivity index (χ0) is 12.4. The molecule has 0 saturated carbocycles. The quantitative estimate of drug-likeness (QED) is 0.890. The van der Waals surface area contributed by atoms with Crippen LogP contribution in [0.4, 0.5) is 5.69 Å². The minimum absolute atomic E-state index is 0.713. The van der Waals surface area contributed by atoms with Crippen LogP contribution in [0.3, 0.4) is 0 Å². The maximum atomic E-state index is 5.64. The van der Waals surface area contributed by atoms with E-state index >= 15 is 0 Å². The lowest BCUT2D eigenvalue weighted by Gasteiger charge is -2.16. The van der Waals surface area contributed by atoms with Gasteiger partial charge in [0, 0.05) is 4.90 Å². The number of nitrogen functional groups attached to an aromatic ring is 1. The van der Waals surface area contributed by atoms with E-state index < -0.39 is 0 Å². The van der Waals surface area contributed by atoms with E-state index in [0.717, 1.165) is 5.03 Å². The van der Waals surface area contributed by atoms with Crippen LogP contribution < -0.4 is 5.73 Å². The summed E-state index contributed by atoms with van der Waals surface area (Å²) in [4.78, 5) is 5.59. The fourth-order valence-electron chi connectivity index (χ4n) is 2.35. The molecule has 0 spiro atoms. The first kappa shape index (κ1) is 11.6. The Morgan fingerprint density at radius 3 is 2.61 bits per heavy atom. The zero-order valence-electron chi connectivity index (χ0n) is 10.2. The third-order valence-corrected chi connectivity index (χ3v) is 4.24. The standard InChI is InChI=1S/C15H16N2S/c16-13-6-8-15(17-10-13)18-14-7-5-11-3-1-2-4-12(11)9-14/h5-10H,1-4,16H2. The molecule has 1 aliphatic rings. The number of rotatable bonds is 2. The Labute approximate surface area is 112 Å². The zero-order valence-corrected chi connectivity index (χ0v) is 11.0. The van der Waals surface area contributed by atoms with Crippen molar-refractivity contribution in [2.24, 2.45) is 0 Å². The van der Waals surface area contributed by atoms with Crippen molar-refractivity contribution in [1.29, 1.82) is 0 Å². The molecule has 0 saturated heterocycles. The summed E-state index contributed by atoms with van der Waals surface area (Å²) in [6.07, 6.45) is 6.82. The molecule has 1 aromatic heterocycles. The van der Waals surface area contributed by atoms with Crippen molar-refractivity contribution < 1.29 is 0 Å². The third-order valence-electron chi connectivity index (χ3n) is 3.30. The third kappa shape index (κ3) is 2.51. The first-order chi connectivity index (χ1) is 8.81. The van der Waals surface area contributed by atoms with Gasteiger partial charge < -0.3 is 5.73 Å². The molecule has 1 aliphatic carbocycles. The molecule has 18 heavy (non-hydrogen) atoms. The second kappa shape index (κ2) is 5.02. The van der Waals surface area contributed by atoms with Crippen molar-refractivity contribution in [3.05, 3.63) is 47.7 Å². The maximum absolute atomic E-state index is 5.64. The van der Waals surface area contributed by atoms with Crippen LogP contribution in [0.5, 0.6) is 0 Å². The van der Waals surface area contributed by atoms with Gasteiger partial charge in [0.25, 0.3) is 0 Å². The monoisotopic (exact) mass is 256 g/mol. The number of hydrogen-bond acceptors (Lipinski definition) is 3. The highest BCUT2D eigenvalue weighted by atomic mass is 32.2. The van der Waals surface area contributed by atoms with Crippen molar-refractivity contribution >= 4 is 17.4 Å². The Balaban J connectivity index is 1.82. The molecule has 2 N–H and O–H groups in total. The van der Waals surface area contributed by atoms with E-state index in [1.165, 1.54) is 41.7 Å². The van der Waals surface area contributed by atoms with Crippen molar-refractivity contribution in [3.8, 4) is 0 Å². The van der Waals surface area contributed by atoms with E-state index in [2.05, 4.69) is 23.2 Å². The van der Waals surface area contributed by atoms with Gasteiger partial charge in [-0.3, -0.25) is 0 Å². The highest BCUT2D eigenvalue weighted by molar-refractivity contribution is 7.99. The number of nitrogens with two attached hydrogens (primary N) is 1. The molecule has 2 aromatic rings. The molecular weight excluding hydrogens is 240 g/mol. The van der Waals surface area contributed by atoms with Crippen LogP contribution in [0.1, 0.15) is 24.0 Å². The molecule has 0 fully saturated rings. The van der Waals surface area contributed by atoms with Crippen molar-refractivity contribution in [2.45, 2.75) is 35.6 Å². The summed E-state index contributed by atoms with van der Waals surface area (Å²) in [5.41, 5.74) is 9.39. The van der Waals surface area contributed by atoms with Gasteiger partial charge in [0.05, 0.1) is 11.9 Å². The van der Waals surface area contributed by atoms with Gasteiger partial charge in [-0.15, -0.1) is 0 Å². The van der Waals surface area contributed by atoms with Gasteiger partial charge in [0.15, 0.2) is 0 Å². The first-order valence-electron chi connectivity index (χ1n) is 6.32. The molecule has 0 atom stereocenters. The van der Waals surface area contributed by atoms with Gasteiger partial charge in [-0.05, 0) is 61.1 Å². The summed E-state index contributed by atoms with van der Waals surface area (Å²) in [6.45, 7) is 0. The number of aromatic nitrogens is 1. The Kier molecular flexibility index (Phi) is 3.24. The second-order valence-corrected chi connectivity index (χ2v) is 5.76. The summed E-state index contributed by atoms with van der Waals surface area (Å²) in [7, 11) is 0. The van der Waals surface area contributed by atoms with Crippen molar-refractivity contribution in [3.63, 3.8) is 0 Å². The van der Waals surface area contributed by atoms with Gasteiger partial charge in [0.1, 0.15) is 5.03 Å². The van der Waals surface area contributed by atoms with Crippen molar-refractivity contribution in [1.82, 2.24) is 4.98 Å². The van der Waals surface area contributed by atoms with E-state index in [4.69, 9.17) is 5.73 Å². The van der Waals surface area contributed by atoms with Crippen molar-refractivity contribution in [2.75, 3.05) is 5.73 Å². The van der Waals surface area contributed by atoms with Crippen LogP contribution >= 0.6 is 11.8 Å². The average molecular weight is 256 g/mol. The van der Waals surface area contributed by atoms with Gasteiger partial charge in [-0.1, -0.05) is 17.8 Å². The van der Waals surface area contributed by atoms with Gasteiger partial charge >= 0.3 is 0 Å². The molecule has 0 radical (unpaired) electrons. The molecule has 92 valence electrons. The molecule has 3 rings (SSSR count). The molecule has 0 amide bonds. The summed E-state index contributed by atoms with van der Waals surface area (Å²) < 4.78 is 0. The number of hydrogen-bond donors (Lipinski definition) is 1. The number of nitrogens with zero attached hydrogens (tertiary/aromatic N) is 1. The molecule has 0 unspecified atom stereocenters. The Bertz CT molecular complexity index is 549. The number of fused-ring (bicyclic) bond motifs is 1. The van der Waals surface area contributed by atoms with Crippen LogP contribution in [0.25, 0.3) is 0 Å². The minimum Gasteiger partial charge on any atom is -0.397 e. The van der Waals surface area contributed by atoms with Gasteiger partial charge in [-0.2, -0.15) is 0 Å². The van der Waals surface area contributed by atoms with Crippen LogP contribution in [-0.2, 0) is 12.8 Å². The molecule has 1 heterocycles. The second-order valence-electron chi connectivity index (χ2n) is 4.67. The smallest absolute Gasteiger partial charge is 0.101 e. The average Bonchev–Trinajstić information content (AvgIpc) is 2.41. The van der Waals surface area contributed by atoms with E-state index in [1.54, 1.807) is 18.0 Å². The Morgan fingerprint density at radius 2 is 1.83 bits per heavy atom. The first-order valence-corrected chi connectivity index (χ1v) is 7.14. The number of pyridine rings is 1. The molecule has 3 heteroatoms. The predicted octanol–water partition coefficient (Wildman–Crippen LogP) is 3.69. The number of aryl methyl sites for hydroxylation is 2. The van der Waals surface area contributed by atoms with E-state index in [1.807, 2.05) is 12.1 Å². The minimum atomic E-state index is 0.713. The number of anilines is 1. The summed E-state index contributed by atoms with van der Waals surface area (Å²) in [5, 5.41) is 1.000. The topological polar surface area (TPSA) is 38.9 Å². The van der Waals surface area contributed by atoms with E-state index in [0.29, 0.717) is 5.69 Å². The predicted molar refractivity (Wildman–Crippen MR) is 75.9 cm³/mol. The summed E-state index contributed by atoms with van der Waals surface area (Å²) in [6, 6.07) is 10.7. The van der Waals surface area contributed by atoms with Crippen LogP contribution in [0.15, 0.2) is 46.5 Å². The van der Waals surface area contributed by atoms with Gasteiger partial charge in [-0.25, -0.2) is 4.98 Å². The lowest BCUT2D eigenvalue weighted by molar-refractivity contribution is 0.683. The fourth-order valence-corrected chi connectivity index (χ4v) is 3.17. The molecular formula is C15H16N2S. The maximum Gasteiger partial charge on any atom is 0.101 e. The summed E-state index contributed by atoms with van der Waals surface area (Å²) >= 11 is 1.70. The lowest BCUT2D eigenvalue weighted by Crippen LogP contribution is -2.01. The molecule has 1 aromatic carbocycles. The SMILES string of the molecule is Nc1ccc(Sc2ccc3c(c2)CCCC3)nc1. The molecule has 0 aliphatic heterocycles. The lowest BCUT2D eigenvalue weighted by atomic mass is 9.92. The highest BCUT2D eigenvalue weighted by Crippen LogP contribution is 2.30. The normalized spacial score (nSPS) is 14.2. The van der Waals surface area contributed by atoms with Crippen LogP contribution in [-0.4, -0.2) is 4.98 Å². The summed E-state index contributed by atoms with van der Waals surface area (Å²) in [5.74, 6) is 0. The molecule has 2 nitrogen and oxygen atoms in total. The van der Waals surface area contributed by atoms with Crippen LogP contribution in [0, 0.1) is 0 Å². The van der Waals surface area contributed by atoms with E-state index in [9.17, 15) is 0 Å². The highest BCUT2D eigenvalue weighted by Gasteiger charge is 2.10. The van der Waals surface area contributed by atoms with E-state index in [-0.39, 0.29) is 0 Å². The largest absolute Gasteiger partial charge is 0.397 e. The van der Waals surface area contributed by atoms with Gasteiger partial charge in [0.2, 0.25) is 0 Å². The number of benzene rings is 1.